The van der Waals surface area contributed by atoms with Crippen LogP contribution in [0.1, 0.15) is 34.6 Å². The zero-order valence-corrected chi connectivity index (χ0v) is 16.6. The van der Waals surface area contributed by atoms with E-state index < -0.39 is 5.60 Å². The molecule has 0 aromatic rings. The zero-order valence-electron chi connectivity index (χ0n) is 14.2. The monoisotopic (exact) mass is 424 g/mol. The number of aliphatic imine (C=N–C) groups is 1. The second kappa shape index (κ2) is 12.4. The summed E-state index contributed by atoms with van der Waals surface area (Å²) in [5, 5.41) is 6.08. The van der Waals surface area contributed by atoms with Gasteiger partial charge in [0.1, 0.15) is 5.60 Å². The maximum Gasteiger partial charge on any atom is 0.410 e. The minimum absolute atomic E-state index is 0. The van der Waals surface area contributed by atoms with Crippen LogP contribution in [-0.4, -0.2) is 55.3 Å². The van der Waals surface area contributed by atoms with E-state index in [1.807, 2.05) is 34.6 Å². The molecule has 0 saturated carbocycles. The standard InChI is InChI=1S/C15H28N4O2.HI/c1-7-10-17-13(16-8-2)18-11-12-19(9-3)14(20)21-15(4,5)6;/h1H,8-12H2,2-6H3,(H2,16,17,18);1H. The first-order valence-electron chi connectivity index (χ1n) is 7.27. The molecule has 0 radical (unpaired) electrons. The van der Waals surface area contributed by atoms with Crippen molar-refractivity contribution in [3.05, 3.63) is 0 Å². The molecular formula is C15H29IN4O2. The van der Waals surface area contributed by atoms with E-state index in [2.05, 4.69) is 21.5 Å². The largest absolute Gasteiger partial charge is 0.444 e. The maximum atomic E-state index is 12.0. The number of guanidine groups is 1. The first-order valence-corrected chi connectivity index (χ1v) is 7.27. The van der Waals surface area contributed by atoms with Crippen LogP contribution in [0.3, 0.4) is 0 Å². The summed E-state index contributed by atoms with van der Waals surface area (Å²) < 4.78 is 5.34. The molecule has 0 aliphatic heterocycles. The van der Waals surface area contributed by atoms with Crippen LogP contribution in [0.25, 0.3) is 0 Å². The number of rotatable bonds is 6. The molecule has 0 rings (SSSR count). The molecule has 0 aromatic carbocycles. The average Bonchev–Trinajstić information content (AvgIpc) is 2.38. The fraction of sp³-hybridized carbons (Fsp3) is 0.733. The summed E-state index contributed by atoms with van der Waals surface area (Å²) in [4.78, 5) is 18.0. The molecule has 7 heteroatoms. The number of likely N-dealkylation sites (N-methyl/N-ethyl adjacent to an activating group) is 1. The number of hydrogen-bond donors (Lipinski definition) is 2. The highest BCUT2D eigenvalue weighted by Crippen LogP contribution is 2.09. The van der Waals surface area contributed by atoms with Gasteiger partial charge in [0, 0.05) is 19.6 Å². The Labute approximate surface area is 151 Å². The topological polar surface area (TPSA) is 66.0 Å². The first kappa shape index (κ1) is 23.1. The molecule has 22 heavy (non-hydrogen) atoms. The molecule has 2 N–H and O–H groups in total. The first-order chi connectivity index (χ1) is 9.84. The van der Waals surface area contributed by atoms with Crippen molar-refractivity contribution < 1.29 is 9.53 Å². The van der Waals surface area contributed by atoms with Crippen molar-refractivity contribution in [1.29, 1.82) is 0 Å². The molecule has 6 nitrogen and oxygen atoms in total. The number of ether oxygens (including phenoxy) is 1. The van der Waals surface area contributed by atoms with Gasteiger partial charge in [-0.2, -0.15) is 0 Å². The molecular weight excluding hydrogens is 395 g/mol. The molecule has 0 saturated heterocycles. The molecule has 0 fully saturated rings. The van der Waals surface area contributed by atoms with Gasteiger partial charge in [-0.05, 0) is 34.6 Å². The van der Waals surface area contributed by atoms with Crippen LogP contribution < -0.4 is 10.6 Å². The Bertz CT molecular complexity index is 386. The van der Waals surface area contributed by atoms with Crippen molar-refractivity contribution in [2.45, 2.75) is 40.2 Å². The Morgan fingerprint density at radius 1 is 1.32 bits per heavy atom. The lowest BCUT2D eigenvalue weighted by molar-refractivity contribution is 0.0266. The number of carbonyl (C=O) groups is 1. The molecule has 0 aliphatic rings. The van der Waals surface area contributed by atoms with Gasteiger partial charge in [-0.1, -0.05) is 5.92 Å². The van der Waals surface area contributed by atoms with Crippen molar-refractivity contribution in [2.24, 2.45) is 4.99 Å². The van der Waals surface area contributed by atoms with Crippen LogP contribution in [0.15, 0.2) is 4.99 Å². The summed E-state index contributed by atoms with van der Waals surface area (Å²) in [7, 11) is 0. The Balaban J connectivity index is 0. The van der Waals surface area contributed by atoms with Gasteiger partial charge >= 0.3 is 6.09 Å². The van der Waals surface area contributed by atoms with Crippen LogP contribution >= 0.6 is 24.0 Å². The SMILES string of the molecule is C#CCNC(=NCCN(CC)C(=O)OC(C)(C)C)NCC.I. The quantitative estimate of drug-likeness (QED) is 0.297. The van der Waals surface area contributed by atoms with Crippen LogP contribution in [0.2, 0.25) is 0 Å². The van der Waals surface area contributed by atoms with Crippen molar-refractivity contribution in [3.8, 4) is 12.3 Å². The van der Waals surface area contributed by atoms with Crippen molar-refractivity contribution in [3.63, 3.8) is 0 Å². The summed E-state index contributed by atoms with van der Waals surface area (Å²) in [6.45, 7) is 12.2. The third-order valence-corrected chi connectivity index (χ3v) is 2.38. The molecule has 0 aromatic heterocycles. The van der Waals surface area contributed by atoms with Crippen molar-refractivity contribution in [1.82, 2.24) is 15.5 Å². The molecule has 0 heterocycles. The Hall–Kier alpha value is -1.17. The van der Waals surface area contributed by atoms with Crippen LogP contribution in [0, 0.1) is 12.3 Å². The molecule has 0 unspecified atom stereocenters. The number of hydrogen-bond acceptors (Lipinski definition) is 3. The highest BCUT2D eigenvalue weighted by molar-refractivity contribution is 14.0. The predicted octanol–water partition coefficient (Wildman–Crippen LogP) is 2.05. The van der Waals surface area contributed by atoms with Crippen molar-refractivity contribution in [2.75, 3.05) is 32.7 Å². The maximum absolute atomic E-state index is 12.0. The average molecular weight is 424 g/mol. The van der Waals surface area contributed by atoms with Gasteiger partial charge in [0.05, 0.1) is 13.1 Å². The van der Waals surface area contributed by atoms with Gasteiger partial charge in [-0.15, -0.1) is 30.4 Å². The Morgan fingerprint density at radius 3 is 2.41 bits per heavy atom. The third kappa shape index (κ3) is 11.5. The van der Waals surface area contributed by atoms with Gasteiger partial charge in [0.25, 0.3) is 0 Å². The lowest BCUT2D eigenvalue weighted by Gasteiger charge is -2.26. The van der Waals surface area contributed by atoms with E-state index in [-0.39, 0.29) is 30.1 Å². The van der Waals surface area contributed by atoms with Gasteiger partial charge in [-0.3, -0.25) is 4.99 Å². The Morgan fingerprint density at radius 2 is 1.95 bits per heavy atom. The number of terminal acetylenes is 1. The summed E-state index contributed by atoms with van der Waals surface area (Å²) in [6, 6.07) is 0. The van der Waals surface area contributed by atoms with Gasteiger partial charge < -0.3 is 20.3 Å². The summed E-state index contributed by atoms with van der Waals surface area (Å²) in [5.74, 6) is 3.14. The molecule has 1 amide bonds. The lowest BCUT2D eigenvalue weighted by Crippen LogP contribution is -2.40. The molecule has 0 spiro atoms. The Kier molecular flexibility index (Phi) is 13.0. The van der Waals surface area contributed by atoms with E-state index in [1.54, 1.807) is 4.90 Å². The number of amides is 1. The minimum atomic E-state index is -0.489. The molecule has 0 atom stereocenters. The van der Waals surface area contributed by atoms with Gasteiger partial charge in [0.15, 0.2) is 5.96 Å². The molecule has 0 bridgehead atoms. The van der Waals surface area contributed by atoms with E-state index in [1.165, 1.54) is 0 Å². The number of nitrogens with one attached hydrogen (secondary N) is 2. The summed E-state index contributed by atoms with van der Waals surface area (Å²) >= 11 is 0. The number of nitrogens with zero attached hydrogens (tertiary/aromatic N) is 2. The molecule has 0 aliphatic carbocycles. The fourth-order valence-corrected chi connectivity index (χ4v) is 1.46. The van der Waals surface area contributed by atoms with Gasteiger partial charge in [0.2, 0.25) is 0 Å². The van der Waals surface area contributed by atoms with E-state index in [4.69, 9.17) is 11.2 Å². The normalized spacial score (nSPS) is 11.0. The third-order valence-electron chi connectivity index (χ3n) is 2.38. The zero-order chi connectivity index (χ0) is 16.3. The van der Waals surface area contributed by atoms with E-state index in [0.29, 0.717) is 32.1 Å². The smallest absolute Gasteiger partial charge is 0.410 e. The van der Waals surface area contributed by atoms with E-state index in [9.17, 15) is 4.79 Å². The van der Waals surface area contributed by atoms with Crippen LogP contribution in [0.5, 0.6) is 0 Å². The van der Waals surface area contributed by atoms with E-state index in [0.717, 1.165) is 6.54 Å². The predicted molar refractivity (Wildman–Crippen MR) is 102 cm³/mol. The van der Waals surface area contributed by atoms with Crippen molar-refractivity contribution >= 4 is 36.0 Å². The van der Waals surface area contributed by atoms with Gasteiger partial charge in [-0.25, -0.2) is 4.79 Å². The van der Waals surface area contributed by atoms with Crippen LogP contribution in [0.4, 0.5) is 4.79 Å². The lowest BCUT2D eigenvalue weighted by atomic mass is 10.2. The molecule has 128 valence electrons. The second-order valence-corrected chi connectivity index (χ2v) is 5.38. The second-order valence-electron chi connectivity index (χ2n) is 5.38. The highest BCUT2D eigenvalue weighted by Gasteiger charge is 2.20. The number of carbonyl (C=O) groups excluding carboxylic acids is 1. The van der Waals surface area contributed by atoms with E-state index >= 15 is 0 Å². The fourth-order valence-electron chi connectivity index (χ4n) is 1.46. The highest BCUT2D eigenvalue weighted by atomic mass is 127. The minimum Gasteiger partial charge on any atom is -0.444 e. The van der Waals surface area contributed by atoms with Crippen LogP contribution in [-0.2, 0) is 4.74 Å². The summed E-state index contributed by atoms with van der Waals surface area (Å²) in [5.41, 5.74) is -0.489. The number of halogens is 1. The summed E-state index contributed by atoms with van der Waals surface area (Å²) in [6.07, 6.45) is 4.89.